The number of carbonyl (C=O) groups excluding carboxylic acids is 2. The van der Waals surface area contributed by atoms with Crippen molar-refractivity contribution in [2.24, 2.45) is 5.92 Å². The lowest BCUT2D eigenvalue weighted by molar-refractivity contribution is -0.125. The van der Waals surface area contributed by atoms with E-state index >= 15 is 0 Å². The molecular formula is C21H22ClNO4S. The summed E-state index contributed by atoms with van der Waals surface area (Å²) in [5, 5.41) is 3.47. The molecule has 0 saturated carbocycles. The van der Waals surface area contributed by atoms with E-state index in [1.165, 1.54) is 0 Å². The Kier molecular flexibility index (Phi) is 6.20. The summed E-state index contributed by atoms with van der Waals surface area (Å²) in [5.74, 6) is -0.0991. The predicted molar refractivity (Wildman–Crippen MR) is 108 cm³/mol. The first-order valence-corrected chi connectivity index (χ1v) is 11.3. The molecule has 2 atom stereocenters. The molecule has 0 bridgehead atoms. The Labute approximate surface area is 170 Å². The van der Waals surface area contributed by atoms with Gasteiger partial charge in [-0.05, 0) is 47.2 Å². The number of halogens is 1. The van der Waals surface area contributed by atoms with Gasteiger partial charge >= 0.3 is 0 Å². The molecule has 2 aromatic rings. The average molecular weight is 420 g/mol. The third-order valence-corrected chi connectivity index (χ3v) is 6.46. The maximum atomic E-state index is 12.6. The summed E-state index contributed by atoms with van der Waals surface area (Å²) in [7, 11) is -3.27. The average Bonchev–Trinajstić information content (AvgIpc) is 2.64. The number of carbonyl (C=O) groups is 2. The van der Waals surface area contributed by atoms with E-state index in [0.29, 0.717) is 24.4 Å². The van der Waals surface area contributed by atoms with Crippen molar-refractivity contribution in [3.8, 4) is 0 Å². The molecule has 1 heterocycles. The van der Waals surface area contributed by atoms with Crippen LogP contribution < -0.4 is 5.32 Å². The molecule has 7 heteroatoms. The van der Waals surface area contributed by atoms with Crippen LogP contribution in [0, 0.1) is 5.92 Å². The number of piperidine rings is 1. The molecule has 28 heavy (non-hydrogen) atoms. The van der Waals surface area contributed by atoms with Gasteiger partial charge in [0.2, 0.25) is 5.91 Å². The second kappa shape index (κ2) is 8.45. The molecule has 0 radical (unpaired) electrons. The minimum Gasteiger partial charge on any atom is -0.356 e. The van der Waals surface area contributed by atoms with Crippen molar-refractivity contribution in [2.75, 3.05) is 12.8 Å². The van der Waals surface area contributed by atoms with Crippen molar-refractivity contribution in [3.63, 3.8) is 0 Å². The molecule has 3 rings (SSSR count). The number of rotatable bonds is 6. The van der Waals surface area contributed by atoms with Gasteiger partial charge in [0.05, 0.1) is 4.90 Å². The fourth-order valence-electron chi connectivity index (χ4n) is 3.59. The third kappa shape index (κ3) is 5.20. The van der Waals surface area contributed by atoms with Crippen molar-refractivity contribution < 1.29 is 18.0 Å². The van der Waals surface area contributed by atoms with Gasteiger partial charge in [-0.2, -0.15) is 0 Å². The number of sulfone groups is 1. The molecule has 1 amide bonds. The number of nitrogens with one attached hydrogen (secondary N) is 1. The van der Waals surface area contributed by atoms with E-state index in [1.54, 1.807) is 36.4 Å². The molecule has 1 fully saturated rings. The molecule has 0 aromatic heterocycles. The van der Waals surface area contributed by atoms with Crippen molar-refractivity contribution >= 4 is 33.1 Å². The molecule has 5 nitrogen and oxygen atoms in total. The van der Waals surface area contributed by atoms with Gasteiger partial charge in [0.1, 0.15) is 5.78 Å². The molecule has 0 aliphatic carbocycles. The molecule has 2 aromatic carbocycles. The number of Topliss-reactive ketones (excluding diaryl/α,β-unsaturated/α-hetero) is 1. The Hall–Kier alpha value is -2.18. The molecule has 148 valence electrons. The highest BCUT2D eigenvalue weighted by Crippen LogP contribution is 2.33. The largest absolute Gasteiger partial charge is 0.356 e. The Bertz CT molecular complexity index is 968. The standard InChI is InChI=1S/C21H22ClNO4S/c1-28(26,27)19-8-4-15(5-9-19)20-12-21(25)23-13-16(20)11-18(24)10-14-2-6-17(22)7-3-14/h2-9,16,20H,10-13H2,1H3,(H,23,25)/t16-,20?/m1/s1. The molecule has 1 N–H and O–H groups in total. The third-order valence-electron chi connectivity index (χ3n) is 5.08. The summed E-state index contributed by atoms with van der Waals surface area (Å²) >= 11 is 5.88. The number of benzene rings is 2. The van der Waals surface area contributed by atoms with Crippen LogP contribution in [0.5, 0.6) is 0 Å². The van der Waals surface area contributed by atoms with Gasteiger partial charge in [-0.25, -0.2) is 8.42 Å². The van der Waals surface area contributed by atoms with Crippen LogP contribution in [0.2, 0.25) is 5.02 Å². The highest BCUT2D eigenvalue weighted by Gasteiger charge is 2.32. The maximum absolute atomic E-state index is 12.6. The zero-order valence-corrected chi connectivity index (χ0v) is 17.1. The second-order valence-corrected chi connectivity index (χ2v) is 9.71. The summed E-state index contributed by atoms with van der Waals surface area (Å²) in [4.78, 5) is 24.7. The Morgan fingerprint density at radius 2 is 1.75 bits per heavy atom. The van der Waals surface area contributed by atoms with Crippen LogP contribution in [-0.2, 0) is 25.8 Å². The highest BCUT2D eigenvalue weighted by molar-refractivity contribution is 7.90. The number of ketones is 1. The first-order valence-electron chi connectivity index (χ1n) is 9.05. The molecular weight excluding hydrogens is 398 g/mol. The summed E-state index contributed by atoms with van der Waals surface area (Å²) in [6.45, 7) is 0.434. The van der Waals surface area contributed by atoms with Crippen LogP contribution in [0.1, 0.15) is 29.9 Å². The first-order chi connectivity index (χ1) is 13.2. The van der Waals surface area contributed by atoms with Crippen LogP contribution in [0.4, 0.5) is 0 Å². The molecule has 1 saturated heterocycles. The first kappa shape index (κ1) is 20.6. The van der Waals surface area contributed by atoms with Gasteiger partial charge in [0.15, 0.2) is 9.84 Å². The normalized spacial score (nSPS) is 19.9. The minimum atomic E-state index is -3.27. The van der Waals surface area contributed by atoms with Crippen LogP contribution in [0.15, 0.2) is 53.4 Å². The van der Waals surface area contributed by atoms with E-state index in [0.717, 1.165) is 17.4 Å². The van der Waals surface area contributed by atoms with Crippen LogP contribution in [-0.4, -0.2) is 32.9 Å². The zero-order valence-electron chi connectivity index (χ0n) is 15.5. The lowest BCUT2D eigenvalue weighted by atomic mass is 9.78. The summed E-state index contributed by atoms with van der Waals surface area (Å²) in [6, 6.07) is 13.8. The van der Waals surface area contributed by atoms with Crippen molar-refractivity contribution in [1.82, 2.24) is 5.32 Å². The lowest BCUT2D eigenvalue weighted by Crippen LogP contribution is -2.40. The van der Waals surface area contributed by atoms with Crippen LogP contribution in [0.25, 0.3) is 0 Å². The van der Waals surface area contributed by atoms with Crippen LogP contribution >= 0.6 is 11.6 Å². The predicted octanol–water partition coefficient (Wildman–Crippen LogP) is 3.17. The monoisotopic (exact) mass is 419 g/mol. The summed E-state index contributed by atoms with van der Waals surface area (Å²) < 4.78 is 23.3. The van der Waals surface area contributed by atoms with E-state index in [4.69, 9.17) is 11.6 Å². The van der Waals surface area contributed by atoms with Gasteiger partial charge in [-0.1, -0.05) is 35.9 Å². The molecule has 0 spiro atoms. The van der Waals surface area contributed by atoms with E-state index in [9.17, 15) is 18.0 Å². The van der Waals surface area contributed by atoms with Crippen molar-refractivity contribution in [1.29, 1.82) is 0 Å². The second-order valence-electron chi connectivity index (χ2n) is 7.26. The van der Waals surface area contributed by atoms with Gasteiger partial charge < -0.3 is 5.32 Å². The fraction of sp³-hybridized carbons (Fsp3) is 0.333. The van der Waals surface area contributed by atoms with Crippen LogP contribution in [0.3, 0.4) is 0 Å². The Balaban J connectivity index is 1.73. The van der Waals surface area contributed by atoms with Gasteiger partial charge in [-0.15, -0.1) is 0 Å². The number of amides is 1. The van der Waals surface area contributed by atoms with E-state index in [2.05, 4.69) is 5.32 Å². The zero-order chi connectivity index (χ0) is 20.3. The minimum absolute atomic E-state index is 0.0263. The summed E-state index contributed by atoms with van der Waals surface area (Å²) in [6.07, 6.45) is 2.12. The molecule has 1 aliphatic heterocycles. The Morgan fingerprint density at radius 1 is 1.11 bits per heavy atom. The molecule has 1 aliphatic rings. The van der Waals surface area contributed by atoms with Crippen molar-refractivity contribution in [3.05, 3.63) is 64.7 Å². The SMILES string of the molecule is CS(=O)(=O)c1ccc(C2CC(=O)NC[C@H]2CC(=O)Cc2ccc(Cl)cc2)cc1. The smallest absolute Gasteiger partial charge is 0.220 e. The van der Waals surface area contributed by atoms with E-state index in [-0.39, 0.29) is 34.8 Å². The van der Waals surface area contributed by atoms with Gasteiger partial charge in [0.25, 0.3) is 0 Å². The van der Waals surface area contributed by atoms with Gasteiger partial charge in [-0.3, -0.25) is 9.59 Å². The molecule has 1 unspecified atom stereocenters. The quantitative estimate of drug-likeness (QED) is 0.779. The number of hydrogen-bond donors (Lipinski definition) is 1. The van der Waals surface area contributed by atoms with E-state index in [1.807, 2.05) is 12.1 Å². The topological polar surface area (TPSA) is 80.3 Å². The maximum Gasteiger partial charge on any atom is 0.220 e. The fourth-order valence-corrected chi connectivity index (χ4v) is 4.34. The summed E-state index contributed by atoms with van der Waals surface area (Å²) in [5.41, 5.74) is 1.79. The Morgan fingerprint density at radius 3 is 2.36 bits per heavy atom. The van der Waals surface area contributed by atoms with Crippen molar-refractivity contribution in [2.45, 2.75) is 30.1 Å². The number of hydrogen-bond acceptors (Lipinski definition) is 4. The lowest BCUT2D eigenvalue weighted by Gasteiger charge is -2.31. The van der Waals surface area contributed by atoms with E-state index < -0.39 is 9.84 Å². The highest BCUT2D eigenvalue weighted by atomic mass is 35.5. The van der Waals surface area contributed by atoms with Gasteiger partial charge in [0, 0.05) is 37.1 Å².